The second-order valence-electron chi connectivity index (χ2n) is 5.19. The molecule has 0 N–H and O–H groups in total. The molecule has 1 unspecified atom stereocenters. The van der Waals surface area contributed by atoms with Gasteiger partial charge in [-0.15, -0.1) is 0 Å². The summed E-state index contributed by atoms with van der Waals surface area (Å²) in [4.78, 5) is 15.6. The van der Waals surface area contributed by atoms with E-state index in [2.05, 4.69) is 35.3 Å². The van der Waals surface area contributed by atoms with Gasteiger partial charge in [0.05, 0.1) is 13.0 Å². The molecule has 0 aliphatic heterocycles. The van der Waals surface area contributed by atoms with Crippen LogP contribution in [-0.4, -0.2) is 17.6 Å². The highest BCUT2D eigenvalue weighted by Gasteiger charge is 2.11. The van der Waals surface area contributed by atoms with Crippen molar-refractivity contribution in [1.82, 2.24) is 4.98 Å². The Morgan fingerprint density at radius 3 is 2.57 bits per heavy atom. The molecule has 1 heterocycles. The van der Waals surface area contributed by atoms with Crippen molar-refractivity contribution in [2.24, 2.45) is 0 Å². The summed E-state index contributed by atoms with van der Waals surface area (Å²) in [6.45, 7) is 4.32. The molecule has 1 atom stereocenters. The standard InChI is InChI=1S/C18H21NO2/c1-3-21-18(20)11-14(2)17-8-6-15(7-9-17)12-16-5-4-10-19-13-16/h4-10,13-14H,3,11-12H2,1-2H3. The highest BCUT2D eigenvalue weighted by atomic mass is 16.5. The van der Waals surface area contributed by atoms with E-state index in [1.54, 1.807) is 6.20 Å². The van der Waals surface area contributed by atoms with Gasteiger partial charge in [0, 0.05) is 12.4 Å². The lowest BCUT2D eigenvalue weighted by atomic mass is 9.95. The maximum absolute atomic E-state index is 11.5. The van der Waals surface area contributed by atoms with E-state index in [9.17, 15) is 4.79 Å². The van der Waals surface area contributed by atoms with E-state index in [1.807, 2.05) is 26.1 Å². The summed E-state index contributed by atoms with van der Waals surface area (Å²) in [5.74, 6) is 0.0425. The topological polar surface area (TPSA) is 39.2 Å². The Morgan fingerprint density at radius 2 is 1.95 bits per heavy atom. The highest BCUT2D eigenvalue weighted by Crippen LogP contribution is 2.20. The van der Waals surface area contributed by atoms with Gasteiger partial charge in [-0.1, -0.05) is 37.3 Å². The van der Waals surface area contributed by atoms with Gasteiger partial charge in [-0.3, -0.25) is 9.78 Å². The zero-order chi connectivity index (χ0) is 15.1. The third-order valence-corrected chi connectivity index (χ3v) is 3.46. The molecule has 3 nitrogen and oxygen atoms in total. The van der Waals surface area contributed by atoms with Crippen molar-refractivity contribution in [2.45, 2.75) is 32.6 Å². The average molecular weight is 283 g/mol. The molecule has 1 aromatic heterocycles. The summed E-state index contributed by atoms with van der Waals surface area (Å²) in [7, 11) is 0. The summed E-state index contributed by atoms with van der Waals surface area (Å²) in [5.41, 5.74) is 3.61. The molecule has 0 saturated carbocycles. The zero-order valence-electron chi connectivity index (χ0n) is 12.6. The Kier molecular flexibility index (Phi) is 5.50. The smallest absolute Gasteiger partial charge is 0.306 e. The molecule has 2 aromatic rings. The monoisotopic (exact) mass is 283 g/mol. The lowest BCUT2D eigenvalue weighted by Gasteiger charge is -2.12. The number of hydrogen-bond donors (Lipinski definition) is 0. The Bertz CT molecular complexity index is 564. The molecular weight excluding hydrogens is 262 g/mol. The second-order valence-corrected chi connectivity index (χ2v) is 5.19. The molecule has 3 heteroatoms. The van der Waals surface area contributed by atoms with E-state index in [1.165, 1.54) is 11.1 Å². The van der Waals surface area contributed by atoms with Crippen LogP contribution in [-0.2, 0) is 16.0 Å². The van der Waals surface area contributed by atoms with Crippen LogP contribution in [0.1, 0.15) is 42.9 Å². The third-order valence-electron chi connectivity index (χ3n) is 3.46. The van der Waals surface area contributed by atoms with Crippen LogP contribution in [0.3, 0.4) is 0 Å². The summed E-state index contributed by atoms with van der Waals surface area (Å²) in [6, 6.07) is 12.4. The van der Waals surface area contributed by atoms with Crippen LogP contribution in [0.25, 0.3) is 0 Å². The first-order valence-corrected chi connectivity index (χ1v) is 7.32. The van der Waals surface area contributed by atoms with Crippen LogP contribution in [0.15, 0.2) is 48.8 Å². The van der Waals surface area contributed by atoms with Gasteiger partial charge in [-0.2, -0.15) is 0 Å². The van der Waals surface area contributed by atoms with E-state index < -0.39 is 0 Å². The average Bonchev–Trinajstić information content (AvgIpc) is 2.49. The number of nitrogens with zero attached hydrogens (tertiary/aromatic N) is 1. The van der Waals surface area contributed by atoms with Gasteiger partial charge in [0.25, 0.3) is 0 Å². The van der Waals surface area contributed by atoms with Crippen molar-refractivity contribution < 1.29 is 9.53 Å². The third kappa shape index (κ3) is 4.71. The Hall–Kier alpha value is -2.16. The van der Waals surface area contributed by atoms with E-state index in [4.69, 9.17) is 4.74 Å². The molecule has 2 rings (SSSR count). The number of esters is 1. The van der Waals surface area contributed by atoms with Crippen molar-refractivity contribution >= 4 is 5.97 Å². The van der Waals surface area contributed by atoms with E-state index in [0.29, 0.717) is 13.0 Å². The molecule has 0 aliphatic rings. The predicted octanol–water partition coefficient (Wildman–Crippen LogP) is 3.73. The summed E-state index contributed by atoms with van der Waals surface area (Å²) in [6.07, 6.45) is 4.97. The van der Waals surface area contributed by atoms with Crippen LogP contribution >= 0.6 is 0 Å². The lowest BCUT2D eigenvalue weighted by Crippen LogP contribution is -2.08. The molecule has 110 valence electrons. The molecule has 0 radical (unpaired) electrons. The second kappa shape index (κ2) is 7.58. The number of benzene rings is 1. The maximum atomic E-state index is 11.5. The fourth-order valence-corrected chi connectivity index (χ4v) is 2.29. The molecule has 21 heavy (non-hydrogen) atoms. The highest BCUT2D eigenvalue weighted by molar-refractivity contribution is 5.70. The maximum Gasteiger partial charge on any atom is 0.306 e. The minimum absolute atomic E-state index is 0.135. The molecule has 0 fully saturated rings. The fourth-order valence-electron chi connectivity index (χ4n) is 2.29. The van der Waals surface area contributed by atoms with Crippen LogP contribution in [0.5, 0.6) is 0 Å². The number of pyridine rings is 1. The number of carbonyl (C=O) groups is 1. The number of ether oxygens (including phenoxy) is 1. The van der Waals surface area contributed by atoms with E-state index in [0.717, 1.165) is 12.0 Å². The SMILES string of the molecule is CCOC(=O)CC(C)c1ccc(Cc2cccnc2)cc1. The molecule has 0 bridgehead atoms. The molecule has 1 aromatic carbocycles. The molecular formula is C18H21NO2. The van der Waals surface area contributed by atoms with Crippen molar-refractivity contribution in [1.29, 1.82) is 0 Å². The first-order valence-electron chi connectivity index (χ1n) is 7.32. The number of carbonyl (C=O) groups excluding carboxylic acids is 1. The summed E-state index contributed by atoms with van der Waals surface area (Å²) >= 11 is 0. The number of aromatic nitrogens is 1. The quantitative estimate of drug-likeness (QED) is 0.758. The van der Waals surface area contributed by atoms with Gasteiger partial charge < -0.3 is 4.74 Å². The predicted molar refractivity (Wildman–Crippen MR) is 83.2 cm³/mol. The van der Waals surface area contributed by atoms with Crippen molar-refractivity contribution in [2.75, 3.05) is 6.61 Å². The van der Waals surface area contributed by atoms with E-state index in [-0.39, 0.29) is 11.9 Å². The lowest BCUT2D eigenvalue weighted by molar-refractivity contribution is -0.143. The zero-order valence-corrected chi connectivity index (χ0v) is 12.6. The summed E-state index contributed by atoms with van der Waals surface area (Å²) < 4.78 is 4.99. The number of rotatable bonds is 6. The molecule has 0 aliphatic carbocycles. The van der Waals surface area contributed by atoms with Crippen molar-refractivity contribution in [3.8, 4) is 0 Å². The molecule has 0 saturated heterocycles. The van der Waals surface area contributed by atoms with Gasteiger partial charge in [0.2, 0.25) is 0 Å². The molecule has 0 amide bonds. The Morgan fingerprint density at radius 1 is 1.19 bits per heavy atom. The van der Waals surface area contributed by atoms with Crippen LogP contribution in [0, 0.1) is 0 Å². The van der Waals surface area contributed by atoms with Gasteiger partial charge in [0.1, 0.15) is 0 Å². The van der Waals surface area contributed by atoms with Crippen LogP contribution in [0.2, 0.25) is 0 Å². The van der Waals surface area contributed by atoms with Crippen molar-refractivity contribution in [3.05, 3.63) is 65.5 Å². The summed E-state index contributed by atoms with van der Waals surface area (Å²) in [5, 5.41) is 0. The normalized spacial score (nSPS) is 11.9. The van der Waals surface area contributed by atoms with Gasteiger partial charge >= 0.3 is 5.97 Å². The van der Waals surface area contributed by atoms with Gasteiger partial charge in [-0.25, -0.2) is 0 Å². The first kappa shape index (κ1) is 15.2. The Labute approximate surface area is 126 Å². The first-order chi connectivity index (χ1) is 10.2. The number of hydrogen-bond acceptors (Lipinski definition) is 3. The van der Waals surface area contributed by atoms with Gasteiger partial charge in [-0.05, 0) is 42.0 Å². The molecule has 0 spiro atoms. The minimum atomic E-state index is -0.135. The van der Waals surface area contributed by atoms with Crippen molar-refractivity contribution in [3.63, 3.8) is 0 Å². The van der Waals surface area contributed by atoms with Gasteiger partial charge in [0.15, 0.2) is 0 Å². The van der Waals surface area contributed by atoms with E-state index >= 15 is 0 Å². The van der Waals surface area contributed by atoms with Crippen LogP contribution in [0.4, 0.5) is 0 Å². The Balaban J connectivity index is 1.97. The fraction of sp³-hybridized carbons (Fsp3) is 0.333. The largest absolute Gasteiger partial charge is 0.466 e. The minimum Gasteiger partial charge on any atom is -0.466 e. The van der Waals surface area contributed by atoms with Crippen LogP contribution < -0.4 is 0 Å².